The summed E-state index contributed by atoms with van der Waals surface area (Å²) in [7, 11) is -3.62. The minimum Gasteiger partial charge on any atom is -0.340 e. The van der Waals surface area contributed by atoms with Crippen LogP contribution in [0.15, 0.2) is 41.8 Å². The monoisotopic (exact) mass is 425 g/mol. The molecule has 0 aromatic heterocycles. The molecule has 2 aliphatic heterocycles. The number of hydrogen-bond donors (Lipinski definition) is 0. The molecule has 9 heteroatoms. The van der Waals surface area contributed by atoms with Gasteiger partial charge in [0.05, 0.1) is 4.90 Å². The highest BCUT2D eigenvalue weighted by molar-refractivity contribution is 7.89. The summed E-state index contributed by atoms with van der Waals surface area (Å²) in [6.07, 6.45) is 2.54. The van der Waals surface area contributed by atoms with Gasteiger partial charge in [-0.15, -0.1) is 0 Å². The van der Waals surface area contributed by atoms with Crippen molar-refractivity contribution < 1.29 is 18.0 Å². The third kappa shape index (κ3) is 4.39. The lowest BCUT2D eigenvalue weighted by atomic mass is 9.95. The van der Waals surface area contributed by atoms with Gasteiger partial charge in [0.2, 0.25) is 21.8 Å². The Hall–Kier alpha value is -1.90. The van der Waals surface area contributed by atoms with Crippen molar-refractivity contribution in [3.8, 4) is 0 Å². The summed E-state index contributed by atoms with van der Waals surface area (Å²) in [5.41, 5.74) is 0. The van der Waals surface area contributed by atoms with Gasteiger partial charge in [-0.05, 0) is 37.1 Å². The molecule has 1 aromatic rings. The highest BCUT2D eigenvalue weighted by Crippen LogP contribution is 2.23. The summed E-state index contributed by atoms with van der Waals surface area (Å²) in [4.78, 5) is 28.0. The van der Waals surface area contributed by atoms with Crippen LogP contribution >= 0.6 is 11.6 Å². The van der Waals surface area contributed by atoms with Gasteiger partial charge in [0, 0.05) is 50.2 Å². The number of carbonyl (C=O) groups excluding carboxylic acids is 2. The maximum atomic E-state index is 12.8. The Morgan fingerprint density at radius 1 is 1.04 bits per heavy atom. The van der Waals surface area contributed by atoms with E-state index in [4.69, 9.17) is 11.6 Å². The predicted octanol–water partition coefficient (Wildman–Crippen LogP) is 1.60. The minimum atomic E-state index is -3.62. The number of piperazine rings is 1. The van der Waals surface area contributed by atoms with Gasteiger partial charge in [-0.3, -0.25) is 9.59 Å². The van der Waals surface area contributed by atoms with Crippen molar-refractivity contribution in [2.75, 3.05) is 39.3 Å². The molecule has 3 rings (SSSR count). The summed E-state index contributed by atoms with van der Waals surface area (Å²) < 4.78 is 26.9. The standard InChI is InChI=1S/C19H24ClN3O4S/c1-2-18(24)21-8-6-15(7-9-21)19(25)22-10-12-23(13-11-22)28(26,27)17-5-3-4-16(20)14-17/h2-5,14-15H,1,6-13H2. The van der Waals surface area contributed by atoms with Gasteiger partial charge in [-0.25, -0.2) is 8.42 Å². The maximum Gasteiger partial charge on any atom is 0.245 e. The Morgan fingerprint density at radius 3 is 2.25 bits per heavy atom. The van der Waals surface area contributed by atoms with E-state index in [9.17, 15) is 18.0 Å². The molecule has 2 aliphatic rings. The van der Waals surface area contributed by atoms with Gasteiger partial charge in [-0.1, -0.05) is 24.2 Å². The number of sulfonamides is 1. The first-order chi connectivity index (χ1) is 13.3. The Bertz CT molecular complexity index is 858. The van der Waals surface area contributed by atoms with E-state index in [-0.39, 0.29) is 35.7 Å². The Morgan fingerprint density at radius 2 is 1.68 bits per heavy atom. The second-order valence-electron chi connectivity index (χ2n) is 6.99. The van der Waals surface area contributed by atoms with Crippen molar-refractivity contribution in [3.63, 3.8) is 0 Å². The van der Waals surface area contributed by atoms with Crippen LogP contribution in [0, 0.1) is 5.92 Å². The van der Waals surface area contributed by atoms with E-state index < -0.39 is 10.0 Å². The molecule has 28 heavy (non-hydrogen) atoms. The van der Waals surface area contributed by atoms with Crippen molar-refractivity contribution in [1.82, 2.24) is 14.1 Å². The average molecular weight is 426 g/mol. The fourth-order valence-corrected chi connectivity index (χ4v) is 5.38. The van der Waals surface area contributed by atoms with Gasteiger partial charge in [0.1, 0.15) is 0 Å². The zero-order chi connectivity index (χ0) is 20.3. The third-order valence-corrected chi connectivity index (χ3v) is 7.44. The predicted molar refractivity (Wildman–Crippen MR) is 106 cm³/mol. The Labute approximate surface area is 170 Å². The Balaban J connectivity index is 1.56. The van der Waals surface area contributed by atoms with E-state index in [1.165, 1.54) is 22.5 Å². The SMILES string of the molecule is C=CC(=O)N1CCC(C(=O)N2CCN(S(=O)(=O)c3cccc(Cl)c3)CC2)CC1. The molecule has 0 spiro atoms. The van der Waals surface area contributed by atoms with Crippen LogP contribution in [0.5, 0.6) is 0 Å². The molecule has 7 nitrogen and oxygen atoms in total. The molecule has 152 valence electrons. The summed E-state index contributed by atoms with van der Waals surface area (Å²) >= 11 is 5.91. The summed E-state index contributed by atoms with van der Waals surface area (Å²) in [6, 6.07) is 6.20. The smallest absolute Gasteiger partial charge is 0.245 e. The number of amides is 2. The van der Waals surface area contributed by atoms with Crippen LogP contribution in [-0.4, -0.2) is 73.6 Å². The fourth-order valence-electron chi connectivity index (χ4n) is 3.66. The van der Waals surface area contributed by atoms with E-state index in [0.29, 0.717) is 44.0 Å². The van der Waals surface area contributed by atoms with Crippen molar-refractivity contribution in [3.05, 3.63) is 41.9 Å². The van der Waals surface area contributed by atoms with Crippen LogP contribution in [-0.2, 0) is 19.6 Å². The first kappa shape index (κ1) is 20.8. The summed E-state index contributed by atoms with van der Waals surface area (Å²) in [5.74, 6) is -0.179. The van der Waals surface area contributed by atoms with E-state index in [2.05, 4.69) is 6.58 Å². The topological polar surface area (TPSA) is 78.0 Å². The zero-order valence-electron chi connectivity index (χ0n) is 15.6. The minimum absolute atomic E-state index is 0.0468. The zero-order valence-corrected chi connectivity index (χ0v) is 17.2. The van der Waals surface area contributed by atoms with Crippen LogP contribution < -0.4 is 0 Å². The molecule has 0 aliphatic carbocycles. The van der Waals surface area contributed by atoms with Gasteiger partial charge < -0.3 is 9.80 Å². The lowest BCUT2D eigenvalue weighted by Crippen LogP contribution is -2.53. The van der Waals surface area contributed by atoms with Crippen LogP contribution in [0.4, 0.5) is 0 Å². The first-order valence-electron chi connectivity index (χ1n) is 9.29. The van der Waals surface area contributed by atoms with Crippen LogP contribution in [0.3, 0.4) is 0 Å². The molecule has 1 aromatic carbocycles. The maximum absolute atomic E-state index is 12.8. The highest BCUT2D eigenvalue weighted by Gasteiger charge is 2.34. The molecule has 0 radical (unpaired) electrons. The van der Waals surface area contributed by atoms with Crippen LogP contribution in [0.25, 0.3) is 0 Å². The molecule has 0 saturated carbocycles. The van der Waals surface area contributed by atoms with Gasteiger partial charge >= 0.3 is 0 Å². The van der Waals surface area contributed by atoms with Crippen molar-refractivity contribution >= 4 is 33.4 Å². The number of halogens is 1. The number of nitrogens with zero attached hydrogens (tertiary/aromatic N) is 3. The molecule has 0 atom stereocenters. The molecule has 2 heterocycles. The molecule has 2 fully saturated rings. The number of carbonyl (C=O) groups is 2. The number of hydrogen-bond acceptors (Lipinski definition) is 4. The first-order valence-corrected chi connectivity index (χ1v) is 11.1. The molecule has 0 bridgehead atoms. The molecule has 2 amide bonds. The molecular weight excluding hydrogens is 402 g/mol. The number of piperidine rings is 1. The average Bonchev–Trinajstić information content (AvgIpc) is 2.73. The van der Waals surface area contributed by atoms with E-state index in [1.54, 1.807) is 21.9 Å². The lowest BCUT2D eigenvalue weighted by molar-refractivity contribution is -0.140. The normalized spacial score (nSPS) is 19.5. The summed E-state index contributed by atoms with van der Waals surface area (Å²) in [6.45, 7) is 5.83. The van der Waals surface area contributed by atoms with E-state index in [0.717, 1.165) is 0 Å². The number of likely N-dealkylation sites (tertiary alicyclic amines) is 1. The van der Waals surface area contributed by atoms with Crippen molar-refractivity contribution in [2.45, 2.75) is 17.7 Å². The second-order valence-corrected chi connectivity index (χ2v) is 9.36. The highest BCUT2D eigenvalue weighted by atomic mass is 35.5. The van der Waals surface area contributed by atoms with Gasteiger partial charge in [0.15, 0.2) is 0 Å². The molecule has 0 N–H and O–H groups in total. The second kappa shape index (κ2) is 8.63. The quantitative estimate of drug-likeness (QED) is 0.686. The van der Waals surface area contributed by atoms with Gasteiger partial charge in [-0.2, -0.15) is 4.31 Å². The molecular formula is C19H24ClN3O4S. The third-order valence-electron chi connectivity index (χ3n) is 5.31. The largest absolute Gasteiger partial charge is 0.340 e. The van der Waals surface area contributed by atoms with Crippen LogP contribution in [0.2, 0.25) is 5.02 Å². The lowest BCUT2D eigenvalue weighted by Gasteiger charge is -2.38. The van der Waals surface area contributed by atoms with Crippen molar-refractivity contribution in [1.29, 1.82) is 0 Å². The van der Waals surface area contributed by atoms with E-state index >= 15 is 0 Å². The molecule has 2 saturated heterocycles. The fraction of sp³-hybridized carbons (Fsp3) is 0.474. The number of benzene rings is 1. The van der Waals surface area contributed by atoms with Gasteiger partial charge in [0.25, 0.3) is 0 Å². The number of rotatable bonds is 4. The van der Waals surface area contributed by atoms with E-state index in [1.807, 2.05) is 0 Å². The molecule has 0 unspecified atom stereocenters. The van der Waals surface area contributed by atoms with Crippen molar-refractivity contribution in [2.24, 2.45) is 5.92 Å². The summed E-state index contributed by atoms with van der Waals surface area (Å²) in [5, 5.41) is 0.371. The Kier molecular flexibility index (Phi) is 6.42. The van der Waals surface area contributed by atoms with Crippen LogP contribution in [0.1, 0.15) is 12.8 Å².